The van der Waals surface area contributed by atoms with Crippen molar-refractivity contribution in [3.05, 3.63) is 89.1 Å². The molecule has 172 valence electrons. The Morgan fingerprint density at radius 1 is 0.882 bits per heavy atom. The molecule has 2 N–H and O–H groups in total. The Labute approximate surface area is 198 Å². The predicted molar refractivity (Wildman–Crippen MR) is 133 cm³/mol. The van der Waals surface area contributed by atoms with Gasteiger partial charge in [-0.3, -0.25) is 14.4 Å². The fourth-order valence-electron chi connectivity index (χ4n) is 3.82. The first-order valence-electron chi connectivity index (χ1n) is 10.8. The van der Waals surface area contributed by atoms with Crippen LogP contribution in [-0.2, 0) is 14.4 Å². The normalized spacial score (nSPS) is 13.4. The highest BCUT2D eigenvalue weighted by molar-refractivity contribution is 6.46. The molecule has 4 rings (SSSR count). The monoisotopic (exact) mass is 455 g/mol. The molecule has 3 aromatic rings. The molecule has 7 nitrogen and oxygen atoms in total. The van der Waals surface area contributed by atoms with Gasteiger partial charge in [-0.25, -0.2) is 4.90 Å². The zero-order valence-corrected chi connectivity index (χ0v) is 19.4. The van der Waals surface area contributed by atoms with Crippen LogP contribution < -0.4 is 20.3 Å². The third-order valence-corrected chi connectivity index (χ3v) is 5.69. The summed E-state index contributed by atoms with van der Waals surface area (Å²) < 4.78 is 5.42. The summed E-state index contributed by atoms with van der Waals surface area (Å²) in [4.78, 5) is 39.7. The molecule has 0 atom stereocenters. The fourth-order valence-corrected chi connectivity index (χ4v) is 3.82. The summed E-state index contributed by atoms with van der Waals surface area (Å²) in [6.45, 7) is 5.37. The van der Waals surface area contributed by atoms with Crippen molar-refractivity contribution in [2.24, 2.45) is 0 Å². The molecule has 1 aliphatic rings. The Balaban J connectivity index is 1.80. The van der Waals surface area contributed by atoms with Gasteiger partial charge in [-0.05, 0) is 66.9 Å². The SMILES string of the molecule is COc1ccccc1NC1=C(c2ccc(C)c(C)c2)C(=O)N(c2ccc(NC(C)=O)cc2)C1=O. The number of carbonyl (C=O) groups excluding carboxylic acids is 3. The molecule has 0 spiro atoms. The molecule has 0 saturated heterocycles. The molecular formula is C27H25N3O4. The quantitative estimate of drug-likeness (QED) is 0.528. The number of hydrogen-bond acceptors (Lipinski definition) is 5. The van der Waals surface area contributed by atoms with E-state index in [9.17, 15) is 14.4 Å². The summed E-state index contributed by atoms with van der Waals surface area (Å²) in [5.74, 6) is -0.565. The largest absolute Gasteiger partial charge is 0.495 e. The third-order valence-electron chi connectivity index (χ3n) is 5.69. The summed E-state index contributed by atoms with van der Waals surface area (Å²) in [6, 6.07) is 19.5. The first-order valence-corrected chi connectivity index (χ1v) is 10.8. The first-order chi connectivity index (χ1) is 16.3. The number of para-hydroxylation sites is 2. The van der Waals surface area contributed by atoms with Gasteiger partial charge in [-0.1, -0.05) is 30.3 Å². The minimum Gasteiger partial charge on any atom is -0.495 e. The second-order valence-electron chi connectivity index (χ2n) is 8.05. The number of methoxy groups -OCH3 is 1. The minimum absolute atomic E-state index is 0.170. The van der Waals surface area contributed by atoms with Crippen LogP contribution in [0.2, 0.25) is 0 Å². The molecule has 1 heterocycles. The summed E-state index contributed by atoms with van der Waals surface area (Å²) in [5, 5.41) is 5.83. The Morgan fingerprint density at radius 2 is 1.59 bits per heavy atom. The molecule has 1 aliphatic heterocycles. The zero-order chi connectivity index (χ0) is 24.4. The van der Waals surface area contributed by atoms with Crippen molar-refractivity contribution in [2.45, 2.75) is 20.8 Å². The van der Waals surface area contributed by atoms with Gasteiger partial charge < -0.3 is 15.4 Å². The van der Waals surface area contributed by atoms with Crippen LogP contribution in [0.25, 0.3) is 5.57 Å². The maximum atomic E-state index is 13.6. The third kappa shape index (κ3) is 4.28. The van der Waals surface area contributed by atoms with E-state index >= 15 is 0 Å². The van der Waals surface area contributed by atoms with Crippen molar-refractivity contribution >= 4 is 40.4 Å². The molecular weight excluding hydrogens is 430 g/mol. The van der Waals surface area contributed by atoms with Gasteiger partial charge in [0.05, 0.1) is 24.1 Å². The fraction of sp³-hybridized carbons (Fsp3) is 0.148. The number of rotatable bonds is 6. The standard InChI is InChI=1S/C27H25N3O4/c1-16-9-10-19(15-17(16)2)24-25(29-22-7-5-6-8-23(22)34-4)27(33)30(26(24)32)21-13-11-20(12-14-21)28-18(3)31/h5-15,29H,1-4H3,(H,28,31). The van der Waals surface area contributed by atoms with Crippen molar-refractivity contribution in [3.8, 4) is 5.75 Å². The van der Waals surface area contributed by atoms with E-state index in [1.54, 1.807) is 43.5 Å². The smallest absolute Gasteiger partial charge is 0.282 e. The first kappa shape index (κ1) is 22.8. The Hall–Kier alpha value is -4.39. The summed E-state index contributed by atoms with van der Waals surface area (Å²) in [6.07, 6.45) is 0. The van der Waals surface area contributed by atoms with Gasteiger partial charge in [0.15, 0.2) is 0 Å². The maximum absolute atomic E-state index is 13.6. The van der Waals surface area contributed by atoms with E-state index in [1.807, 2.05) is 44.2 Å². The number of imide groups is 1. The molecule has 0 radical (unpaired) electrons. The number of nitrogens with one attached hydrogen (secondary N) is 2. The number of hydrogen-bond donors (Lipinski definition) is 2. The van der Waals surface area contributed by atoms with Crippen LogP contribution in [0.3, 0.4) is 0 Å². The van der Waals surface area contributed by atoms with Crippen molar-refractivity contribution in [1.82, 2.24) is 0 Å². The molecule has 0 bridgehead atoms. The lowest BCUT2D eigenvalue weighted by molar-refractivity contribution is -0.120. The van der Waals surface area contributed by atoms with Gasteiger partial charge in [-0.15, -0.1) is 0 Å². The average molecular weight is 456 g/mol. The van der Waals surface area contributed by atoms with Crippen LogP contribution in [0.5, 0.6) is 5.75 Å². The topological polar surface area (TPSA) is 87.7 Å². The highest BCUT2D eigenvalue weighted by atomic mass is 16.5. The lowest BCUT2D eigenvalue weighted by Crippen LogP contribution is -2.32. The summed E-state index contributed by atoms with van der Waals surface area (Å²) in [7, 11) is 1.55. The van der Waals surface area contributed by atoms with Gasteiger partial charge in [0.2, 0.25) is 5.91 Å². The second-order valence-corrected chi connectivity index (χ2v) is 8.05. The molecule has 0 aliphatic carbocycles. The van der Waals surface area contributed by atoms with E-state index in [0.717, 1.165) is 16.0 Å². The number of amides is 3. The number of ether oxygens (including phenoxy) is 1. The highest BCUT2D eigenvalue weighted by Crippen LogP contribution is 2.36. The number of nitrogens with zero attached hydrogens (tertiary/aromatic N) is 1. The van der Waals surface area contributed by atoms with E-state index < -0.39 is 11.8 Å². The zero-order valence-electron chi connectivity index (χ0n) is 19.4. The molecule has 0 saturated carbocycles. The number of aryl methyl sites for hydroxylation is 2. The summed E-state index contributed by atoms with van der Waals surface area (Å²) in [5.41, 5.74) is 4.76. The van der Waals surface area contributed by atoms with Crippen LogP contribution in [0.4, 0.5) is 17.1 Å². The van der Waals surface area contributed by atoms with Gasteiger partial charge >= 0.3 is 0 Å². The van der Waals surface area contributed by atoms with Gasteiger partial charge in [-0.2, -0.15) is 0 Å². The van der Waals surface area contributed by atoms with Crippen LogP contribution in [0.15, 0.2) is 72.4 Å². The molecule has 3 amide bonds. The van der Waals surface area contributed by atoms with Gasteiger partial charge in [0.25, 0.3) is 11.8 Å². The summed E-state index contributed by atoms with van der Waals surface area (Å²) >= 11 is 0. The lowest BCUT2D eigenvalue weighted by atomic mass is 9.99. The average Bonchev–Trinajstić information content (AvgIpc) is 3.05. The van der Waals surface area contributed by atoms with Crippen LogP contribution in [0, 0.1) is 13.8 Å². The van der Waals surface area contributed by atoms with Crippen LogP contribution in [0.1, 0.15) is 23.6 Å². The molecule has 0 fully saturated rings. The number of benzene rings is 3. The number of anilines is 3. The van der Waals surface area contributed by atoms with Crippen molar-refractivity contribution in [1.29, 1.82) is 0 Å². The van der Waals surface area contributed by atoms with Gasteiger partial charge in [0, 0.05) is 12.6 Å². The van der Waals surface area contributed by atoms with E-state index in [2.05, 4.69) is 10.6 Å². The Morgan fingerprint density at radius 3 is 2.24 bits per heavy atom. The maximum Gasteiger partial charge on any atom is 0.282 e. The van der Waals surface area contributed by atoms with Crippen molar-refractivity contribution < 1.29 is 19.1 Å². The van der Waals surface area contributed by atoms with Crippen LogP contribution >= 0.6 is 0 Å². The van der Waals surface area contributed by atoms with Crippen molar-refractivity contribution in [2.75, 3.05) is 22.6 Å². The van der Waals surface area contributed by atoms with Gasteiger partial charge in [0.1, 0.15) is 11.4 Å². The molecule has 7 heteroatoms. The Kier molecular flexibility index (Phi) is 6.19. The van der Waals surface area contributed by atoms with E-state index in [0.29, 0.717) is 28.4 Å². The highest BCUT2D eigenvalue weighted by Gasteiger charge is 2.40. The Bertz CT molecular complexity index is 1330. The predicted octanol–water partition coefficient (Wildman–Crippen LogP) is 4.67. The lowest BCUT2D eigenvalue weighted by Gasteiger charge is -2.16. The van der Waals surface area contributed by atoms with E-state index in [4.69, 9.17) is 4.74 Å². The molecule has 34 heavy (non-hydrogen) atoms. The molecule has 0 aromatic heterocycles. The van der Waals surface area contributed by atoms with E-state index in [-0.39, 0.29) is 17.2 Å². The molecule has 3 aromatic carbocycles. The molecule has 0 unspecified atom stereocenters. The van der Waals surface area contributed by atoms with Crippen LogP contribution in [-0.4, -0.2) is 24.8 Å². The second kappa shape index (κ2) is 9.23. The van der Waals surface area contributed by atoms with E-state index in [1.165, 1.54) is 6.92 Å². The minimum atomic E-state index is -0.476. The van der Waals surface area contributed by atoms with Crippen molar-refractivity contribution in [3.63, 3.8) is 0 Å². The number of carbonyl (C=O) groups is 3.